The molecule has 1 aliphatic heterocycles. The summed E-state index contributed by atoms with van der Waals surface area (Å²) in [6, 6.07) is 10.3. The quantitative estimate of drug-likeness (QED) is 0.297. The smallest absolute Gasteiger partial charge is 0.191 e. The molecule has 0 bridgehead atoms. The molecule has 0 amide bonds. The van der Waals surface area contributed by atoms with Crippen molar-refractivity contribution in [3.8, 4) is 5.75 Å². The molecule has 1 aliphatic carbocycles. The normalized spacial score (nSPS) is 26.8. The molecule has 5 nitrogen and oxygen atoms in total. The lowest BCUT2D eigenvalue weighted by Gasteiger charge is -2.54. The monoisotopic (exact) mass is 459 g/mol. The first-order valence-corrected chi connectivity index (χ1v) is 8.89. The van der Waals surface area contributed by atoms with Crippen molar-refractivity contribution in [3.63, 3.8) is 0 Å². The molecule has 2 aliphatic rings. The number of hydrogen-bond acceptors (Lipinski definition) is 3. The number of para-hydroxylation sites is 1. The fraction of sp³-hybridized carbons (Fsp3) is 0.632. The van der Waals surface area contributed by atoms with E-state index in [1.807, 2.05) is 37.4 Å². The van der Waals surface area contributed by atoms with E-state index >= 15 is 0 Å². The number of nitrogens with one attached hydrogen (secondary N) is 2. The van der Waals surface area contributed by atoms with Gasteiger partial charge in [0, 0.05) is 37.6 Å². The molecular formula is C19H30IN3O2. The third kappa shape index (κ3) is 4.58. The van der Waals surface area contributed by atoms with Crippen molar-refractivity contribution in [2.45, 2.75) is 38.8 Å². The highest BCUT2D eigenvalue weighted by atomic mass is 127. The van der Waals surface area contributed by atoms with E-state index in [0.29, 0.717) is 24.7 Å². The van der Waals surface area contributed by atoms with Gasteiger partial charge in [-0.3, -0.25) is 4.99 Å². The number of benzene rings is 1. The summed E-state index contributed by atoms with van der Waals surface area (Å²) < 4.78 is 11.6. The number of fused-ring (bicyclic) bond motifs is 1. The predicted molar refractivity (Wildman–Crippen MR) is 112 cm³/mol. The van der Waals surface area contributed by atoms with Crippen LogP contribution in [0.1, 0.15) is 26.7 Å². The summed E-state index contributed by atoms with van der Waals surface area (Å²) in [5.74, 6) is 2.40. The van der Waals surface area contributed by atoms with Crippen LogP contribution in [0.25, 0.3) is 0 Å². The zero-order chi connectivity index (χ0) is 17.0. The maximum absolute atomic E-state index is 5.85. The van der Waals surface area contributed by atoms with Gasteiger partial charge in [0.05, 0.1) is 12.7 Å². The summed E-state index contributed by atoms with van der Waals surface area (Å²) >= 11 is 0. The molecule has 0 aromatic heterocycles. The number of guanidine groups is 1. The third-order valence-corrected chi connectivity index (χ3v) is 5.24. The molecule has 1 heterocycles. The molecule has 1 saturated heterocycles. The first-order valence-electron chi connectivity index (χ1n) is 8.89. The summed E-state index contributed by atoms with van der Waals surface area (Å²) in [5, 5.41) is 6.98. The molecule has 2 fully saturated rings. The summed E-state index contributed by atoms with van der Waals surface area (Å²) in [6.07, 6.45) is 2.47. The van der Waals surface area contributed by atoms with Crippen LogP contribution in [-0.4, -0.2) is 44.9 Å². The molecule has 6 heteroatoms. The van der Waals surface area contributed by atoms with Gasteiger partial charge in [0.2, 0.25) is 0 Å². The van der Waals surface area contributed by atoms with Crippen molar-refractivity contribution in [1.29, 1.82) is 0 Å². The van der Waals surface area contributed by atoms with Crippen molar-refractivity contribution >= 4 is 29.9 Å². The van der Waals surface area contributed by atoms with Crippen LogP contribution in [0.3, 0.4) is 0 Å². The number of aliphatic imine (C=N–C) groups is 1. The van der Waals surface area contributed by atoms with E-state index in [2.05, 4.69) is 29.5 Å². The van der Waals surface area contributed by atoms with Crippen molar-refractivity contribution in [2.75, 3.05) is 26.8 Å². The topological polar surface area (TPSA) is 54.9 Å². The second-order valence-electron chi connectivity index (χ2n) is 7.20. The Morgan fingerprint density at radius 3 is 2.80 bits per heavy atom. The lowest BCUT2D eigenvalue weighted by molar-refractivity contribution is -0.106. The Morgan fingerprint density at radius 1 is 1.32 bits per heavy atom. The lowest BCUT2D eigenvalue weighted by Crippen LogP contribution is -2.68. The molecule has 25 heavy (non-hydrogen) atoms. The molecule has 3 atom stereocenters. The van der Waals surface area contributed by atoms with Crippen molar-refractivity contribution < 1.29 is 9.47 Å². The summed E-state index contributed by atoms with van der Waals surface area (Å²) in [4.78, 5) is 4.36. The molecule has 3 rings (SSSR count). The number of nitrogens with zero attached hydrogens (tertiary/aromatic N) is 1. The van der Waals surface area contributed by atoms with Gasteiger partial charge in [0.1, 0.15) is 5.75 Å². The predicted octanol–water partition coefficient (Wildman–Crippen LogP) is 3.05. The van der Waals surface area contributed by atoms with Gasteiger partial charge in [-0.25, -0.2) is 0 Å². The average Bonchev–Trinajstić information content (AvgIpc) is 3.05. The molecule has 140 valence electrons. The highest BCUT2D eigenvalue weighted by Crippen LogP contribution is 2.52. The number of ether oxygens (including phenoxy) is 2. The van der Waals surface area contributed by atoms with Crippen LogP contribution >= 0.6 is 24.0 Å². The Balaban J connectivity index is 0.00000225. The SMILES string of the molecule is CN=C(NCCCOc1ccccc1)NC1C2CCOC2C1(C)C.I. The van der Waals surface area contributed by atoms with Gasteiger partial charge in [-0.2, -0.15) is 0 Å². The third-order valence-electron chi connectivity index (χ3n) is 5.24. The minimum Gasteiger partial charge on any atom is -0.494 e. The maximum atomic E-state index is 5.85. The molecule has 2 N–H and O–H groups in total. The van der Waals surface area contributed by atoms with Crippen LogP contribution < -0.4 is 15.4 Å². The Hall–Kier alpha value is -1.02. The standard InChI is InChI=1S/C19H29N3O2.HI/c1-19(2)16(15-10-13-24-17(15)19)22-18(20-3)21-11-7-12-23-14-8-5-4-6-9-14;/h4-6,8-9,15-17H,7,10-13H2,1-3H3,(H2,20,21,22);1H. The molecule has 3 unspecified atom stereocenters. The van der Waals surface area contributed by atoms with E-state index in [1.54, 1.807) is 0 Å². The maximum Gasteiger partial charge on any atom is 0.191 e. The van der Waals surface area contributed by atoms with E-state index in [-0.39, 0.29) is 29.4 Å². The van der Waals surface area contributed by atoms with E-state index in [0.717, 1.165) is 37.7 Å². The van der Waals surface area contributed by atoms with Crippen LogP contribution in [0.2, 0.25) is 0 Å². The van der Waals surface area contributed by atoms with Crippen molar-refractivity contribution in [3.05, 3.63) is 30.3 Å². The number of rotatable bonds is 6. The average molecular weight is 459 g/mol. The zero-order valence-electron chi connectivity index (χ0n) is 15.3. The van der Waals surface area contributed by atoms with Gasteiger partial charge in [-0.05, 0) is 25.0 Å². The van der Waals surface area contributed by atoms with E-state index < -0.39 is 0 Å². The summed E-state index contributed by atoms with van der Waals surface area (Å²) in [5.41, 5.74) is 0.162. The Morgan fingerprint density at radius 2 is 2.08 bits per heavy atom. The van der Waals surface area contributed by atoms with Gasteiger partial charge < -0.3 is 20.1 Å². The van der Waals surface area contributed by atoms with Crippen LogP contribution in [-0.2, 0) is 4.74 Å². The van der Waals surface area contributed by atoms with Crippen molar-refractivity contribution in [1.82, 2.24) is 10.6 Å². The minimum atomic E-state index is 0. The van der Waals surface area contributed by atoms with Gasteiger partial charge in [0.15, 0.2) is 5.96 Å². The highest BCUT2D eigenvalue weighted by Gasteiger charge is 2.59. The second kappa shape index (κ2) is 9.07. The van der Waals surface area contributed by atoms with E-state index in [4.69, 9.17) is 9.47 Å². The Kier molecular flexibility index (Phi) is 7.37. The van der Waals surface area contributed by atoms with Gasteiger partial charge >= 0.3 is 0 Å². The summed E-state index contributed by atoms with van der Waals surface area (Å²) in [6.45, 7) is 6.97. The van der Waals surface area contributed by atoms with E-state index in [9.17, 15) is 0 Å². The molecule has 1 aromatic rings. The highest BCUT2D eigenvalue weighted by molar-refractivity contribution is 14.0. The fourth-order valence-corrected chi connectivity index (χ4v) is 3.94. The van der Waals surface area contributed by atoms with Gasteiger partial charge in [0.25, 0.3) is 0 Å². The zero-order valence-corrected chi connectivity index (χ0v) is 17.7. The summed E-state index contributed by atoms with van der Waals surface area (Å²) in [7, 11) is 1.82. The Bertz CT molecular complexity index is 565. The first-order chi connectivity index (χ1) is 11.6. The van der Waals surface area contributed by atoms with Crippen LogP contribution in [0.4, 0.5) is 0 Å². The number of halogens is 1. The van der Waals surface area contributed by atoms with Crippen molar-refractivity contribution in [2.24, 2.45) is 16.3 Å². The van der Waals surface area contributed by atoms with Crippen LogP contribution in [0, 0.1) is 11.3 Å². The van der Waals surface area contributed by atoms with Gasteiger partial charge in [-0.1, -0.05) is 32.0 Å². The second-order valence-corrected chi connectivity index (χ2v) is 7.20. The molecule has 1 saturated carbocycles. The van der Waals surface area contributed by atoms with Crippen LogP contribution in [0.15, 0.2) is 35.3 Å². The lowest BCUT2D eigenvalue weighted by atomic mass is 9.57. The Labute approximate surface area is 168 Å². The van der Waals surface area contributed by atoms with Crippen LogP contribution in [0.5, 0.6) is 5.75 Å². The molecule has 1 aromatic carbocycles. The molecule has 0 radical (unpaired) electrons. The first kappa shape index (κ1) is 20.3. The molecular weight excluding hydrogens is 429 g/mol. The van der Waals surface area contributed by atoms with Gasteiger partial charge in [-0.15, -0.1) is 24.0 Å². The molecule has 0 spiro atoms. The number of hydrogen-bond donors (Lipinski definition) is 2. The van der Waals surface area contributed by atoms with E-state index in [1.165, 1.54) is 0 Å². The largest absolute Gasteiger partial charge is 0.494 e. The fourth-order valence-electron chi connectivity index (χ4n) is 3.94. The minimum absolute atomic E-state index is 0.